The Morgan fingerprint density at radius 3 is 2.12 bits per heavy atom. The number of anilines is 1. The minimum atomic E-state index is -1.10. The Morgan fingerprint density at radius 2 is 1.55 bits per heavy atom. The molecular formula is C25H23N3O5. The molecule has 2 aromatic rings. The van der Waals surface area contributed by atoms with E-state index >= 15 is 0 Å². The van der Waals surface area contributed by atoms with Gasteiger partial charge in [0.1, 0.15) is 11.7 Å². The lowest BCUT2D eigenvalue weighted by atomic mass is 9.63. The topological polar surface area (TPSA) is 110 Å². The second-order valence-corrected chi connectivity index (χ2v) is 8.86. The maximum atomic E-state index is 13.5. The molecule has 0 spiro atoms. The highest BCUT2D eigenvalue weighted by atomic mass is 16.6. The molecule has 0 radical (unpaired) electrons. The number of benzene rings is 2. The molecule has 2 bridgehead atoms. The number of rotatable bonds is 6. The first-order valence-electron chi connectivity index (χ1n) is 11.1. The minimum absolute atomic E-state index is 0.0112. The van der Waals surface area contributed by atoms with Crippen molar-refractivity contribution in [1.29, 1.82) is 0 Å². The average Bonchev–Trinajstić information content (AvgIpc) is 3.11. The third-order valence-corrected chi connectivity index (χ3v) is 7.04. The molecular weight excluding hydrogens is 422 g/mol. The van der Waals surface area contributed by atoms with Crippen molar-refractivity contribution in [3.8, 4) is 0 Å². The number of fused-ring (bicyclic) bond motifs is 1. The SMILES string of the molecule is O=C(Nc1ccccc1[N+](=O)[O-])[C@H](Cc1ccccc1)N1C(=O)[C@@H]2[C@@H](C1=O)[C@H]1C=C[C@H]2CC1. The molecule has 3 amide bonds. The highest BCUT2D eigenvalue weighted by molar-refractivity contribution is 6.11. The Bertz CT molecular complexity index is 1130. The summed E-state index contributed by atoms with van der Waals surface area (Å²) in [5, 5.41) is 14.0. The van der Waals surface area contributed by atoms with Crippen LogP contribution >= 0.6 is 0 Å². The standard InChI is InChI=1S/C25H23N3O5/c29-23(26-18-8-4-5-9-19(18)28(32)33)20(14-15-6-2-1-3-7-15)27-24(30)21-16-10-11-17(13-12-16)22(21)25(27)31/h1-11,16-17,20-22H,12-14H2,(H,26,29)/t16-,17-,20-,21-,22-/m0/s1. The third-order valence-electron chi connectivity index (χ3n) is 7.04. The van der Waals surface area contributed by atoms with E-state index in [9.17, 15) is 24.5 Å². The predicted octanol–water partition coefficient (Wildman–Crippen LogP) is 3.34. The molecule has 1 aliphatic heterocycles. The van der Waals surface area contributed by atoms with Gasteiger partial charge in [-0.15, -0.1) is 0 Å². The molecule has 8 nitrogen and oxygen atoms in total. The Kier molecular flexibility index (Phi) is 5.28. The molecule has 4 aliphatic rings. The molecule has 168 valence electrons. The van der Waals surface area contributed by atoms with Crippen molar-refractivity contribution < 1.29 is 19.3 Å². The van der Waals surface area contributed by atoms with Gasteiger partial charge in [-0.1, -0.05) is 54.6 Å². The number of nitro groups is 1. The van der Waals surface area contributed by atoms with Gasteiger partial charge >= 0.3 is 0 Å². The number of amides is 3. The Hall–Kier alpha value is -3.81. The summed E-state index contributed by atoms with van der Waals surface area (Å²) in [5.41, 5.74) is 0.569. The molecule has 2 aromatic carbocycles. The first-order valence-corrected chi connectivity index (χ1v) is 11.1. The summed E-state index contributed by atoms with van der Waals surface area (Å²) in [4.78, 5) is 52.4. The van der Waals surface area contributed by atoms with Gasteiger partial charge in [-0.3, -0.25) is 29.4 Å². The Balaban J connectivity index is 1.49. The first-order chi connectivity index (χ1) is 16.0. The number of likely N-dealkylation sites (tertiary alicyclic amines) is 1. The number of nitrogens with zero attached hydrogens (tertiary/aromatic N) is 2. The number of para-hydroxylation sites is 2. The van der Waals surface area contributed by atoms with Gasteiger partial charge in [0.25, 0.3) is 5.69 Å². The molecule has 1 saturated carbocycles. The fourth-order valence-corrected chi connectivity index (χ4v) is 5.50. The third kappa shape index (κ3) is 3.61. The second-order valence-electron chi connectivity index (χ2n) is 8.86. The van der Waals surface area contributed by atoms with E-state index in [1.165, 1.54) is 18.2 Å². The van der Waals surface area contributed by atoms with Gasteiger partial charge in [-0.05, 0) is 36.3 Å². The first kappa shape index (κ1) is 21.1. The van der Waals surface area contributed by atoms with Gasteiger partial charge in [0, 0.05) is 12.5 Å². The van der Waals surface area contributed by atoms with Gasteiger partial charge in [0.2, 0.25) is 17.7 Å². The van der Waals surface area contributed by atoms with Crippen LogP contribution in [0.15, 0.2) is 66.7 Å². The van der Waals surface area contributed by atoms with E-state index in [0.717, 1.165) is 23.3 Å². The number of allylic oxidation sites excluding steroid dienone is 2. The summed E-state index contributed by atoms with van der Waals surface area (Å²) in [6, 6.07) is 13.9. The van der Waals surface area contributed by atoms with E-state index in [1.807, 2.05) is 42.5 Å². The van der Waals surface area contributed by atoms with Crippen LogP contribution in [0.4, 0.5) is 11.4 Å². The molecule has 8 heteroatoms. The van der Waals surface area contributed by atoms with E-state index in [4.69, 9.17) is 0 Å². The number of nitro benzene ring substituents is 1. The van der Waals surface area contributed by atoms with Crippen molar-refractivity contribution in [1.82, 2.24) is 4.90 Å². The molecule has 1 heterocycles. The number of hydrogen-bond acceptors (Lipinski definition) is 5. The number of imide groups is 1. The average molecular weight is 445 g/mol. The van der Waals surface area contributed by atoms with Crippen LogP contribution in [0.5, 0.6) is 0 Å². The number of hydrogen-bond donors (Lipinski definition) is 1. The van der Waals surface area contributed by atoms with Crippen LogP contribution in [0, 0.1) is 33.8 Å². The summed E-state index contributed by atoms with van der Waals surface area (Å²) in [6.07, 6.45) is 5.92. The number of carbonyl (C=O) groups excluding carboxylic acids is 3. The number of carbonyl (C=O) groups is 3. The van der Waals surface area contributed by atoms with Crippen LogP contribution in [-0.2, 0) is 20.8 Å². The monoisotopic (exact) mass is 445 g/mol. The van der Waals surface area contributed by atoms with Gasteiger partial charge in [0.15, 0.2) is 0 Å². The van der Waals surface area contributed by atoms with Crippen molar-refractivity contribution in [2.75, 3.05) is 5.32 Å². The van der Waals surface area contributed by atoms with Crippen molar-refractivity contribution in [2.24, 2.45) is 23.7 Å². The molecule has 0 aromatic heterocycles. The fourth-order valence-electron chi connectivity index (χ4n) is 5.50. The zero-order valence-electron chi connectivity index (χ0n) is 17.8. The van der Waals surface area contributed by atoms with Gasteiger partial charge in [-0.25, -0.2) is 0 Å². The molecule has 5 atom stereocenters. The van der Waals surface area contributed by atoms with Gasteiger partial charge in [-0.2, -0.15) is 0 Å². The van der Waals surface area contributed by atoms with Crippen LogP contribution in [0.3, 0.4) is 0 Å². The molecule has 2 fully saturated rings. The molecule has 0 unspecified atom stereocenters. The summed E-state index contributed by atoms with van der Waals surface area (Å²) < 4.78 is 0. The van der Waals surface area contributed by atoms with Crippen LogP contribution in [0.25, 0.3) is 0 Å². The van der Waals surface area contributed by atoms with E-state index in [-0.39, 0.29) is 41.4 Å². The quantitative estimate of drug-likeness (QED) is 0.317. The summed E-state index contributed by atoms with van der Waals surface area (Å²) >= 11 is 0. The van der Waals surface area contributed by atoms with Crippen molar-refractivity contribution in [3.63, 3.8) is 0 Å². The smallest absolute Gasteiger partial charge is 0.292 e. The minimum Gasteiger partial charge on any atom is -0.319 e. The van der Waals surface area contributed by atoms with Crippen LogP contribution in [0.2, 0.25) is 0 Å². The van der Waals surface area contributed by atoms with E-state index in [0.29, 0.717) is 0 Å². The van der Waals surface area contributed by atoms with E-state index in [2.05, 4.69) is 5.32 Å². The normalized spacial score (nSPS) is 26.2. The van der Waals surface area contributed by atoms with Crippen molar-refractivity contribution in [3.05, 3.63) is 82.4 Å². The molecule has 1 N–H and O–H groups in total. The van der Waals surface area contributed by atoms with Crippen molar-refractivity contribution in [2.45, 2.75) is 25.3 Å². The van der Waals surface area contributed by atoms with Crippen LogP contribution in [0.1, 0.15) is 18.4 Å². The molecule has 6 rings (SSSR count). The van der Waals surface area contributed by atoms with E-state index < -0.39 is 28.7 Å². The lowest BCUT2D eigenvalue weighted by Crippen LogP contribution is -2.49. The zero-order valence-corrected chi connectivity index (χ0v) is 17.8. The number of nitrogens with one attached hydrogen (secondary N) is 1. The Morgan fingerprint density at radius 1 is 0.970 bits per heavy atom. The van der Waals surface area contributed by atoms with Gasteiger partial charge < -0.3 is 5.32 Å². The van der Waals surface area contributed by atoms with Crippen LogP contribution in [-0.4, -0.2) is 33.6 Å². The van der Waals surface area contributed by atoms with Crippen LogP contribution < -0.4 is 5.32 Å². The second kappa shape index (κ2) is 8.27. The van der Waals surface area contributed by atoms with Gasteiger partial charge in [0.05, 0.1) is 16.8 Å². The lowest BCUT2D eigenvalue weighted by Gasteiger charge is -2.38. The summed E-state index contributed by atoms with van der Waals surface area (Å²) in [6.45, 7) is 0. The highest BCUT2D eigenvalue weighted by Gasteiger charge is 2.58. The van der Waals surface area contributed by atoms with Crippen molar-refractivity contribution >= 4 is 29.1 Å². The zero-order chi connectivity index (χ0) is 23.1. The largest absolute Gasteiger partial charge is 0.319 e. The predicted molar refractivity (Wildman–Crippen MR) is 120 cm³/mol. The van der Waals surface area contributed by atoms with E-state index in [1.54, 1.807) is 6.07 Å². The molecule has 33 heavy (non-hydrogen) atoms. The highest BCUT2D eigenvalue weighted by Crippen LogP contribution is 2.50. The maximum Gasteiger partial charge on any atom is 0.292 e. The maximum absolute atomic E-state index is 13.5. The fraction of sp³-hybridized carbons (Fsp3) is 0.320. The lowest BCUT2D eigenvalue weighted by molar-refractivity contribution is -0.383. The molecule has 3 aliphatic carbocycles. The molecule has 1 saturated heterocycles. The summed E-state index contributed by atoms with van der Waals surface area (Å²) in [5.74, 6) is -2.09. The summed E-state index contributed by atoms with van der Waals surface area (Å²) in [7, 11) is 0. The Labute approximate surface area is 190 Å².